The van der Waals surface area contributed by atoms with Crippen molar-refractivity contribution in [1.82, 2.24) is 5.43 Å². The average molecular weight is 432 g/mol. The summed E-state index contributed by atoms with van der Waals surface area (Å²) in [4.78, 5) is 34.3. The first-order valence-corrected chi connectivity index (χ1v) is 9.58. The number of rotatable bonds is 8. The molecule has 0 aliphatic heterocycles. The van der Waals surface area contributed by atoms with Gasteiger partial charge < -0.3 is 10.1 Å². The van der Waals surface area contributed by atoms with Crippen molar-refractivity contribution in [2.24, 2.45) is 5.10 Å². The average Bonchev–Trinajstić information content (AvgIpc) is 2.80. The van der Waals surface area contributed by atoms with E-state index in [-0.39, 0.29) is 23.8 Å². The maximum Gasteiger partial charge on any atom is 0.271 e. The Labute approximate surface area is 183 Å². The monoisotopic (exact) mass is 432 g/mol. The fourth-order valence-electron chi connectivity index (χ4n) is 2.62. The molecule has 0 fully saturated rings. The number of hydrogen-bond donors (Lipinski definition) is 2. The third-order valence-electron chi connectivity index (χ3n) is 4.28. The molecule has 32 heavy (non-hydrogen) atoms. The smallest absolute Gasteiger partial charge is 0.271 e. The summed E-state index contributed by atoms with van der Waals surface area (Å²) in [5.41, 5.74) is 4.75. The van der Waals surface area contributed by atoms with Crippen LogP contribution < -0.4 is 15.5 Å². The number of nitrogens with zero attached hydrogens (tertiary/aromatic N) is 2. The van der Waals surface area contributed by atoms with Crippen LogP contribution in [0.4, 0.5) is 11.4 Å². The van der Waals surface area contributed by atoms with Crippen molar-refractivity contribution in [2.45, 2.75) is 6.92 Å². The number of carbonyl (C=O) groups excluding carboxylic acids is 2. The molecular formula is C23H20N4O5. The number of aryl methyl sites for hydroxylation is 1. The largest absolute Gasteiger partial charge is 0.484 e. The number of anilines is 1. The number of hydrogen-bond acceptors (Lipinski definition) is 6. The molecule has 0 heterocycles. The minimum absolute atomic E-state index is 0.129. The molecule has 0 unspecified atom stereocenters. The van der Waals surface area contributed by atoms with Gasteiger partial charge in [-0.25, -0.2) is 5.43 Å². The molecule has 0 aliphatic carbocycles. The van der Waals surface area contributed by atoms with Gasteiger partial charge in [0.1, 0.15) is 5.75 Å². The third-order valence-corrected chi connectivity index (χ3v) is 4.28. The molecule has 0 aliphatic rings. The number of non-ortho nitro benzene ring substituents is 1. The number of benzene rings is 3. The van der Waals surface area contributed by atoms with Crippen LogP contribution in [0, 0.1) is 17.0 Å². The number of amides is 2. The number of ether oxygens (including phenoxy) is 1. The summed E-state index contributed by atoms with van der Waals surface area (Å²) < 4.78 is 5.47. The quantitative estimate of drug-likeness (QED) is 0.319. The highest BCUT2D eigenvalue weighted by atomic mass is 16.6. The normalized spacial score (nSPS) is 10.5. The van der Waals surface area contributed by atoms with Gasteiger partial charge in [0, 0.05) is 23.4 Å². The Morgan fingerprint density at radius 1 is 1.06 bits per heavy atom. The van der Waals surface area contributed by atoms with Crippen LogP contribution in [0.3, 0.4) is 0 Å². The van der Waals surface area contributed by atoms with E-state index in [0.29, 0.717) is 17.0 Å². The lowest BCUT2D eigenvalue weighted by Crippen LogP contribution is -2.20. The summed E-state index contributed by atoms with van der Waals surface area (Å²) >= 11 is 0. The minimum atomic E-state index is -0.574. The fourth-order valence-corrected chi connectivity index (χ4v) is 2.62. The van der Waals surface area contributed by atoms with E-state index in [1.807, 2.05) is 31.2 Å². The lowest BCUT2D eigenvalue weighted by Gasteiger charge is -2.08. The van der Waals surface area contributed by atoms with E-state index in [1.54, 1.807) is 24.3 Å². The Kier molecular flexibility index (Phi) is 7.26. The van der Waals surface area contributed by atoms with Crippen LogP contribution in [0.1, 0.15) is 21.5 Å². The molecule has 0 aromatic heterocycles. The Bertz CT molecular complexity index is 1140. The Morgan fingerprint density at radius 3 is 2.47 bits per heavy atom. The van der Waals surface area contributed by atoms with Crippen molar-refractivity contribution in [2.75, 3.05) is 11.9 Å². The second-order valence-electron chi connectivity index (χ2n) is 6.78. The van der Waals surface area contributed by atoms with Gasteiger partial charge in [-0.2, -0.15) is 5.10 Å². The molecule has 9 nitrogen and oxygen atoms in total. The van der Waals surface area contributed by atoms with Gasteiger partial charge in [-0.05, 0) is 55.0 Å². The van der Waals surface area contributed by atoms with E-state index >= 15 is 0 Å². The van der Waals surface area contributed by atoms with Crippen molar-refractivity contribution in [3.63, 3.8) is 0 Å². The van der Waals surface area contributed by atoms with Crippen LogP contribution in [0.2, 0.25) is 0 Å². The predicted molar refractivity (Wildman–Crippen MR) is 120 cm³/mol. The zero-order chi connectivity index (χ0) is 22.9. The summed E-state index contributed by atoms with van der Waals surface area (Å²) in [6.45, 7) is 1.83. The first-order chi connectivity index (χ1) is 15.4. The lowest BCUT2D eigenvalue weighted by molar-refractivity contribution is -0.384. The molecule has 9 heteroatoms. The standard InChI is InChI=1S/C23H20N4O5/c1-16-5-9-19(10-6-16)25-22(28)15-32-21-11-7-17(8-12-21)14-24-26-23(29)18-3-2-4-20(13-18)27(30)31/h2-14H,15H2,1H3,(H,25,28)(H,26,29)/b24-14-. The maximum atomic E-state index is 12.1. The molecule has 0 radical (unpaired) electrons. The molecule has 0 bridgehead atoms. The molecule has 3 rings (SSSR count). The van der Waals surface area contributed by atoms with Crippen LogP contribution in [-0.2, 0) is 4.79 Å². The molecule has 3 aromatic carbocycles. The van der Waals surface area contributed by atoms with Crippen molar-refractivity contribution in [3.05, 3.63) is 99.6 Å². The molecule has 2 amide bonds. The second-order valence-corrected chi connectivity index (χ2v) is 6.78. The Morgan fingerprint density at radius 2 is 1.78 bits per heavy atom. The third kappa shape index (κ3) is 6.49. The van der Waals surface area contributed by atoms with Crippen LogP contribution in [0.15, 0.2) is 77.9 Å². The topological polar surface area (TPSA) is 123 Å². The summed E-state index contributed by atoms with van der Waals surface area (Å²) in [7, 11) is 0. The highest BCUT2D eigenvalue weighted by Crippen LogP contribution is 2.14. The highest BCUT2D eigenvalue weighted by Gasteiger charge is 2.10. The van der Waals surface area contributed by atoms with Gasteiger partial charge in [0.05, 0.1) is 11.1 Å². The molecule has 0 saturated carbocycles. The highest BCUT2D eigenvalue weighted by molar-refractivity contribution is 5.95. The van der Waals surface area contributed by atoms with Gasteiger partial charge in [0.2, 0.25) is 0 Å². The number of nitro benzene ring substituents is 1. The fraction of sp³-hybridized carbons (Fsp3) is 0.0870. The molecular weight excluding hydrogens is 412 g/mol. The first-order valence-electron chi connectivity index (χ1n) is 9.58. The van der Waals surface area contributed by atoms with Crippen molar-refractivity contribution >= 4 is 29.4 Å². The van der Waals surface area contributed by atoms with Gasteiger partial charge >= 0.3 is 0 Å². The van der Waals surface area contributed by atoms with Crippen molar-refractivity contribution in [3.8, 4) is 5.75 Å². The van der Waals surface area contributed by atoms with Crippen LogP contribution in [0.5, 0.6) is 5.75 Å². The Balaban J connectivity index is 1.47. The van der Waals surface area contributed by atoms with E-state index < -0.39 is 10.8 Å². The summed E-state index contributed by atoms with van der Waals surface area (Å²) in [6.07, 6.45) is 1.42. The number of hydrazone groups is 1. The molecule has 2 N–H and O–H groups in total. The summed E-state index contributed by atoms with van der Waals surface area (Å²) in [6, 6.07) is 19.6. The van der Waals surface area contributed by atoms with Gasteiger partial charge in [-0.1, -0.05) is 23.8 Å². The van der Waals surface area contributed by atoms with Gasteiger partial charge in [-0.15, -0.1) is 0 Å². The SMILES string of the molecule is Cc1ccc(NC(=O)COc2ccc(/C=N\NC(=O)c3cccc([N+](=O)[O-])c3)cc2)cc1. The molecule has 0 saturated heterocycles. The molecule has 0 spiro atoms. The molecule has 162 valence electrons. The summed E-state index contributed by atoms with van der Waals surface area (Å²) in [5, 5.41) is 17.4. The van der Waals surface area contributed by atoms with Gasteiger partial charge in [-0.3, -0.25) is 19.7 Å². The second kappa shape index (κ2) is 10.5. The molecule has 3 aromatic rings. The summed E-state index contributed by atoms with van der Waals surface area (Å²) in [5.74, 6) is -0.338. The maximum absolute atomic E-state index is 12.1. The van der Waals surface area contributed by atoms with E-state index in [4.69, 9.17) is 4.74 Å². The van der Waals surface area contributed by atoms with E-state index in [2.05, 4.69) is 15.8 Å². The van der Waals surface area contributed by atoms with Crippen LogP contribution in [-0.4, -0.2) is 29.6 Å². The van der Waals surface area contributed by atoms with Crippen molar-refractivity contribution in [1.29, 1.82) is 0 Å². The lowest BCUT2D eigenvalue weighted by atomic mass is 10.2. The zero-order valence-corrected chi connectivity index (χ0v) is 17.1. The van der Waals surface area contributed by atoms with E-state index in [1.165, 1.54) is 30.5 Å². The van der Waals surface area contributed by atoms with Crippen LogP contribution >= 0.6 is 0 Å². The Hall–Kier alpha value is -4.53. The van der Waals surface area contributed by atoms with Crippen LogP contribution in [0.25, 0.3) is 0 Å². The zero-order valence-electron chi connectivity index (χ0n) is 17.1. The predicted octanol–water partition coefficient (Wildman–Crippen LogP) is 3.68. The van der Waals surface area contributed by atoms with Crippen molar-refractivity contribution < 1.29 is 19.2 Å². The minimum Gasteiger partial charge on any atom is -0.484 e. The van der Waals surface area contributed by atoms with E-state index in [0.717, 1.165) is 5.56 Å². The first kappa shape index (κ1) is 22.2. The molecule has 0 atom stereocenters. The van der Waals surface area contributed by atoms with E-state index in [9.17, 15) is 19.7 Å². The van der Waals surface area contributed by atoms with Gasteiger partial charge in [0.25, 0.3) is 17.5 Å². The number of carbonyl (C=O) groups is 2. The number of nitrogens with one attached hydrogen (secondary N) is 2. The van der Waals surface area contributed by atoms with Gasteiger partial charge in [0.15, 0.2) is 6.61 Å². The number of nitro groups is 1.